The zero-order valence-electron chi connectivity index (χ0n) is 18.7. The zero-order chi connectivity index (χ0) is 22.9. The molecule has 1 N–H and O–H groups in total. The van der Waals surface area contributed by atoms with Crippen molar-refractivity contribution in [2.75, 3.05) is 18.5 Å². The van der Waals surface area contributed by atoms with Crippen LogP contribution in [0.4, 0.5) is 5.69 Å². The summed E-state index contributed by atoms with van der Waals surface area (Å²) < 4.78 is 18.8. The fourth-order valence-corrected chi connectivity index (χ4v) is 3.88. The topological polar surface area (TPSA) is 87.5 Å². The van der Waals surface area contributed by atoms with Crippen LogP contribution in [0.2, 0.25) is 0 Å². The number of anilines is 1. The van der Waals surface area contributed by atoms with E-state index in [1.54, 1.807) is 29.8 Å². The maximum absolute atomic E-state index is 12.8. The van der Waals surface area contributed by atoms with Crippen LogP contribution in [0.1, 0.15) is 18.2 Å². The highest BCUT2D eigenvalue weighted by Gasteiger charge is 2.20. The van der Waals surface area contributed by atoms with Crippen molar-refractivity contribution < 1.29 is 19.0 Å². The van der Waals surface area contributed by atoms with E-state index in [-0.39, 0.29) is 5.91 Å². The summed E-state index contributed by atoms with van der Waals surface area (Å²) in [5.41, 5.74) is 4.07. The maximum atomic E-state index is 12.8. The normalized spacial score (nSPS) is 13.5. The van der Waals surface area contributed by atoms with Gasteiger partial charge in [0.05, 0.1) is 11.4 Å². The number of carbonyl (C=O) groups excluding carboxylic acids is 1. The van der Waals surface area contributed by atoms with Gasteiger partial charge >= 0.3 is 0 Å². The fourth-order valence-electron chi connectivity index (χ4n) is 3.88. The average molecular weight is 444 g/mol. The summed E-state index contributed by atoms with van der Waals surface area (Å²) in [5.74, 6) is 1.35. The second-order valence-electron chi connectivity index (χ2n) is 7.92. The lowest BCUT2D eigenvalue weighted by Crippen LogP contribution is -2.30. The molecule has 1 atom stereocenters. The lowest BCUT2D eigenvalue weighted by Gasteiger charge is -2.19. The molecule has 0 saturated heterocycles. The summed E-state index contributed by atoms with van der Waals surface area (Å²) in [6.45, 7) is 6.63. The summed E-state index contributed by atoms with van der Waals surface area (Å²) in [5, 5.41) is 8.50. The first-order valence-electron chi connectivity index (χ1n) is 10.8. The Hall–Kier alpha value is -4.07. The number of ether oxygens (including phenoxy) is 3. The van der Waals surface area contributed by atoms with E-state index in [0.717, 1.165) is 22.3 Å². The van der Waals surface area contributed by atoms with Crippen molar-refractivity contribution in [3.05, 3.63) is 65.9 Å². The van der Waals surface area contributed by atoms with Gasteiger partial charge in [0.2, 0.25) is 5.88 Å². The van der Waals surface area contributed by atoms with Crippen LogP contribution in [0.5, 0.6) is 17.4 Å². The van der Waals surface area contributed by atoms with Crippen molar-refractivity contribution >= 4 is 22.6 Å². The highest BCUT2D eigenvalue weighted by molar-refractivity contribution is 5.94. The molecule has 5 rings (SSSR count). The average Bonchev–Trinajstić information content (AvgIpc) is 3.16. The standard InChI is InChI=1S/C25H24N4O4/c1-15-13-22(27-24-23(15)16(2)28-29(24)19-7-5-4-6-8-19)33-17(3)25(30)26-18-9-10-20-21(14-18)32-12-11-31-20/h4-10,13-14,17H,11-12H2,1-3H3,(H,26,30)/t17-/m0/s1. The number of rotatable bonds is 5. The molecule has 2 aromatic carbocycles. The SMILES string of the molecule is Cc1cc(O[C@@H](C)C(=O)Nc2ccc3c(c2)OCCO3)nc2c1c(C)nn2-c1ccccc1. The van der Waals surface area contributed by atoms with Crippen LogP contribution in [0.3, 0.4) is 0 Å². The van der Waals surface area contributed by atoms with Crippen molar-refractivity contribution in [3.63, 3.8) is 0 Å². The number of benzene rings is 2. The minimum Gasteiger partial charge on any atom is -0.486 e. The minimum absolute atomic E-state index is 0.293. The molecule has 1 aliphatic heterocycles. The molecule has 168 valence electrons. The number of nitrogens with one attached hydrogen (secondary N) is 1. The molecule has 0 unspecified atom stereocenters. The van der Waals surface area contributed by atoms with Crippen molar-refractivity contribution in [2.45, 2.75) is 26.9 Å². The van der Waals surface area contributed by atoms with E-state index in [1.807, 2.05) is 50.2 Å². The lowest BCUT2D eigenvalue weighted by atomic mass is 10.1. The molecule has 0 saturated carbocycles. The first-order valence-corrected chi connectivity index (χ1v) is 10.8. The third-order valence-corrected chi connectivity index (χ3v) is 5.46. The van der Waals surface area contributed by atoms with Crippen molar-refractivity contribution in [2.24, 2.45) is 0 Å². The van der Waals surface area contributed by atoms with E-state index < -0.39 is 6.10 Å². The zero-order valence-corrected chi connectivity index (χ0v) is 18.7. The van der Waals surface area contributed by atoms with Crippen LogP contribution < -0.4 is 19.5 Å². The van der Waals surface area contributed by atoms with Gasteiger partial charge in [0.15, 0.2) is 23.3 Å². The third-order valence-electron chi connectivity index (χ3n) is 5.46. The number of amides is 1. The Morgan fingerprint density at radius 3 is 2.61 bits per heavy atom. The quantitative estimate of drug-likeness (QED) is 0.496. The number of hydrogen-bond acceptors (Lipinski definition) is 6. The van der Waals surface area contributed by atoms with Crippen molar-refractivity contribution in [1.82, 2.24) is 14.8 Å². The maximum Gasteiger partial charge on any atom is 0.265 e. The molecule has 0 spiro atoms. The van der Waals surface area contributed by atoms with E-state index in [4.69, 9.17) is 14.2 Å². The Morgan fingerprint density at radius 1 is 1.06 bits per heavy atom. The molecule has 4 aromatic rings. The molecular weight excluding hydrogens is 420 g/mol. The van der Waals surface area contributed by atoms with Crippen LogP contribution in [-0.4, -0.2) is 40.0 Å². The summed E-state index contributed by atoms with van der Waals surface area (Å²) in [7, 11) is 0. The number of hydrogen-bond donors (Lipinski definition) is 1. The van der Waals surface area contributed by atoms with Gasteiger partial charge in [0, 0.05) is 23.2 Å². The highest BCUT2D eigenvalue weighted by atomic mass is 16.6. The van der Waals surface area contributed by atoms with E-state index in [2.05, 4.69) is 15.4 Å². The predicted molar refractivity (Wildman–Crippen MR) is 124 cm³/mol. The first-order chi connectivity index (χ1) is 16.0. The number of aromatic nitrogens is 3. The molecular formula is C25H24N4O4. The molecule has 0 bridgehead atoms. The predicted octanol–water partition coefficient (Wildman–Crippen LogP) is 4.21. The van der Waals surface area contributed by atoms with Crippen LogP contribution in [-0.2, 0) is 4.79 Å². The van der Waals surface area contributed by atoms with Crippen molar-refractivity contribution in [1.29, 1.82) is 0 Å². The number of pyridine rings is 1. The monoisotopic (exact) mass is 444 g/mol. The number of para-hydroxylation sites is 1. The van der Waals surface area contributed by atoms with Crippen LogP contribution in [0, 0.1) is 13.8 Å². The van der Waals surface area contributed by atoms with Gasteiger partial charge in [-0.2, -0.15) is 10.1 Å². The Labute approximate surface area is 191 Å². The van der Waals surface area contributed by atoms with Gasteiger partial charge < -0.3 is 19.5 Å². The summed E-state index contributed by atoms with van der Waals surface area (Å²) in [6.07, 6.45) is -0.767. The summed E-state index contributed by atoms with van der Waals surface area (Å²) >= 11 is 0. The van der Waals surface area contributed by atoms with E-state index >= 15 is 0 Å². The summed E-state index contributed by atoms with van der Waals surface area (Å²) in [6, 6.07) is 16.9. The summed E-state index contributed by atoms with van der Waals surface area (Å²) in [4.78, 5) is 17.5. The molecule has 1 aliphatic rings. The molecule has 0 radical (unpaired) electrons. The molecule has 0 fully saturated rings. The Balaban J connectivity index is 1.38. The van der Waals surface area contributed by atoms with Crippen molar-refractivity contribution in [3.8, 4) is 23.1 Å². The number of aryl methyl sites for hydroxylation is 2. The van der Waals surface area contributed by atoms with Gasteiger partial charge in [0.1, 0.15) is 13.2 Å². The Morgan fingerprint density at radius 2 is 1.82 bits per heavy atom. The molecule has 8 heteroatoms. The molecule has 0 aliphatic carbocycles. The Kier molecular flexibility index (Phi) is 5.34. The smallest absolute Gasteiger partial charge is 0.265 e. The van der Waals surface area contributed by atoms with Gasteiger partial charge in [-0.3, -0.25) is 4.79 Å². The second-order valence-corrected chi connectivity index (χ2v) is 7.92. The Bertz CT molecular complexity index is 1330. The van der Waals surface area contributed by atoms with Crippen LogP contribution >= 0.6 is 0 Å². The lowest BCUT2D eigenvalue weighted by molar-refractivity contribution is -0.122. The first kappa shape index (κ1) is 20.8. The second kappa shape index (κ2) is 8.46. The number of fused-ring (bicyclic) bond motifs is 2. The van der Waals surface area contributed by atoms with Crippen LogP contribution in [0.15, 0.2) is 54.6 Å². The van der Waals surface area contributed by atoms with Crippen LogP contribution in [0.25, 0.3) is 16.7 Å². The third kappa shape index (κ3) is 4.07. The van der Waals surface area contributed by atoms with Gasteiger partial charge in [-0.25, -0.2) is 4.68 Å². The fraction of sp³-hybridized carbons (Fsp3) is 0.240. The molecule has 3 heterocycles. The molecule has 8 nitrogen and oxygen atoms in total. The largest absolute Gasteiger partial charge is 0.486 e. The highest BCUT2D eigenvalue weighted by Crippen LogP contribution is 2.33. The van der Waals surface area contributed by atoms with E-state index in [1.165, 1.54) is 0 Å². The van der Waals surface area contributed by atoms with Gasteiger partial charge in [0.25, 0.3) is 5.91 Å². The van der Waals surface area contributed by atoms with E-state index in [9.17, 15) is 4.79 Å². The minimum atomic E-state index is -0.767. The van der Waals surface area contributed by atoms with Gasteiger partial charge in [-0.05, 0) is 50.6 Å². The number of nitrogens with zero attached hydrogens (tertiary/aromatic N) is 3. The number of carbonyl (C=O) groups is 1. The van der Waals surface area contributed by atoms with Gasteiger partial charge in [-0.15, -0.1) is 0 Å². The molecule has 2 aromatic heterocycles. The van der Waals surface area contributed by atoms with E-state index in [0.29, 0.717) is 41.9 Å². The molecule has 33 heavy (non-hydrogen) atoms. The van der Waals surface area contributed by atoms with Gasteiger partial charge in [-0.1, -0.05) is 18.2 Å². The molecule has 1 amide bonds.